The quantitative estimate of drug-likeness (QED) is 0.571. The smallest absolute Gasteiger partial charge is 0.342 e. The predicted molar refractivity (Wildman–Crippen MR) is 125 cm³/mol. The number of amides is 1. The topological polar surface area (TPSA) is 107 Å². The normalized spacial score (nSPS) is 14.2. The molecule has 0 aliphatic carbocycles. The first-order valence-electron chi connectivity index (χ1n) is 11.3. The summed E-state index contributed by atoms with van der Waals surface area (Å²) in [6.45, 7) is 5.26. The summed E-state index contributed by atoms with van der Waals surface area (Å²) in [4.78, 5) is 44.3. The standard InChI is InChI=1S/C24H28N4O5/c1-3-32-24(31)20-16(2)33-22-21(20)23(30)28(15-25-22)14-19(29)26-17-8-10-18(11-9-17)27-12-6-4-5-7-13-27/h8-11,15H,3-7,12-14H2,1-2H3,(H,26,29). The molecule has 1 amide bonds. The number of nitrogens with one attached hydrogen (secondary N) is 1. The second-order valence-electron chi connectivity index (χ2n) is 8.11. The van der Waals surface area contributed by atoms with E-state index in [0.29, 0.717) is 5.69 Å². The fourth-order valence-electron chi connectivity index (χ4n) is 4.14. The van der Waals surface area contributed by atoms with Gasteiger partial charge >= 0.3 is 5.97 Å². The summed E-state index contributed by atoms with van der Waals surface area (Å²) in [5.41, 5.74) is 1.34. The molecule has 174 valence electrons. The zero-order valence-corrected chi connectivity index (χ0v) is 18.9. The van der Waals surface area contributed by atoms with E-state index < -0.39 is 11.5 Å². The molecule has 0 unspecified atom stereocenters. The highest BCUT2D eigenvalue weighted by Gasteiger charge is 2.24. The predicted octanol–water partition coefficient (Wildman–Crippen LogP) is 3.49. The van der Waals surface area contributed by atoms with Crippen LogP contribution in [-0.4, -0.2) is 41.1 Å². The molecule has 0 spiro atoms. The maximum atomic E-state index is 13.0. The number of aromatic nitrogens is 2. The third-order valence-corrected chi connectivity index (χ3v) is 5.77. The summed E-state index contributed by atoms with van der Waals surface area (Å²) in [7, 11) is 0. The summed E-state index contributed by atoms with van der Waals surface area (Å²) < 4.78 is 11.6. The Morgan fingerprint density at radius 1 is 1.12 bits per heavy atom. The van der Waals surface area contributed by atoms with E-state index in [0.717, 1.165) is 23.3 Å². The molecule has 0 bridgehead atoms. The number of carbonyl (C=O) groups is 2. The Bertz CT molecular complexity index is 1200. The molecule has 1 aliphatic heterocycles. The highest BCUT2D eigenvalue weighted by atomic mass is 16.5. The van der Waals surface area contributed by atoms with E-state index in [1.54, 1.807) is 13.8 Å². The lowest BCUT2D eigenvalue weighted by Gasteiger charge is -2.22. The number of aryl methyl sites for hydroxylation is 1. The number of nitrogens with zero attached hydrogens (tertiary/aromatic N) is 3. The van der Waals surface area contributed by atoms with Crippen molar-refractivity contribution in [2.75, 3.05) is 29.9 Å². The van der Waals surface area contributed by atoms with Crippen molar-refractivity contribution in [3.8, 4) is 0 Å². The van der Waals surface area contributed by atoms with Crippen LogP contribution in [0.4, 0.5) is 11.4 Å². The number of hydrogen-bond donors (Lipinski definition) is 1. The van der Waals surface area contributed by atoms with Gasteiger partial charge in [0.15, 0.2) is 0 Å². The molecule has 0 saturated carbocycles. The number of benzene rings is 1. The number of carbonyl (C=O) groups excluding carboxylic acids is 2. The number of ether oxygens (including phenoxy) is 1. The van der Waals surface area contributed by atoms with E-state index in [1.807, 2.05) is 24.3 Å². The first-order chi connectivity index (χ1) is 16.0. The van der Waals surface area contributed by atoms with Gasteiger partial charge in [-0.05, 0) is 51.0 Å². The van der Waals surface area contributed by atoms with Crippen LogP contribution in [0.15, 0.2) is 39.8 Å². The van der Waals surface area contributed by atoms with E-state index in [4.69, 9.17) is 9.15 Å². The van der Waals surface area contributed by atoms with Gasteiger partial charge in [0, 0.05) is 24.5 Å². The maximum absolute atomic E-state index is 13.0. The summed E-state index contributed by atoms with van der Waals surface area (Å²) in [6.07, 6.45) is 6.17. The summed E-state index contributed by atoms with van der Waals surface area (Å²) in [6, 6.07) is 7.72. The van der Waals surface area contributed by atoms with Crippen molar-refractivity contribution in [1.82, 2.24) is 9.55 Å². The van der Waals surface area contributed by atoms with Crippen LogP contribution >= 0.6 is 0 Å². The van der Waals surface area contributed by atoms with Crippen LogP contribution in [-0.2, 0) is 16.1 Å². The Morgan fingerprint density at radius 2 is 1.82 bits per heavy atom. The molecule has 1 fully saturated rings. The lowest BCUT2D eigenvalue weighted by atomic mass is 10.2. The third kappa shape index (κ3) is 4.92. The Labute approximate surface area is 191 Å². The van der Waals surface area contributed by atoms with E-state index in [2.05, 4.69) is 15.2 Å². The second-order valence-corrected chi connectivity index (χ2v) is 8.11. The van der Waals surface area contributed by atoms with Crippen LogP contribution in [0.1, 0.15) is 48.7 Å². The Morgan fingerprint density at radius 3 is 2.48 bits per heavy atom. The zero-order chi connectivity index (χ0) is 23.4. The zero-order valence-electron chi connectivity index (χ0n) is 18.9. The lowest BCUT2D eigenvalue weighted by Crippen LogP contribution is -2.28. The molecule has 1 aliphatic rings. The Kier molecular flexibility index (Phi) is 6.76. The number of furan rings is 1. The van der Waals surface area contributed by atoms with Crippen LogP contribution in [0.25, 0.3) is 11.1 Å². The van der Waals surface area contributed by atoms with Gasteiger partial charge in [0.05, 0.1) is 6.61 Å². The minimum Gasteiger partial charge on any atom is -0.462 e. The number of hydrogen-bond acceptors (Lipinski definition) is 7. The van der Waals surface area contributed by atoms with Gasteiger partial charge in [-0.15, -0.1) is 0 Å². The van der Waals surface area contributed by atoms with Crippen molar-refractivity contribution in [3.05, 3.63) is 52.3 Å². The van der Waals surface area contributed by atoms with Crippen LogP contribution in [0.5, 0.6) is 0 Å². The van der Waals surface area contributed by atoms with E-state index in [1.165, 1.54) is 32.0 Å². The molecule has 4 rings (SSSR count). The molecule has 0 radical (unpaired) electrons. The van der Waals surface area contributed by atoms with Gasteiger partial charge in [0.2, 0.25) is 11.6 Å². The molecule has 1 saturated heterocycles. The van der Waals surface area contributed by atoms with Gasteiger partial charge in [-0.3, -0.25) is 14.2 Å². The van der Waals surface area contributed by atoms with Crippen LogP contribution in [0.2, 0.25) is 0 Å². The van der Waals surface area contributed by atoms with Crippen molar-refractivity contribution in [3.63, 3.8) is 0 Å². The molecular formula is C24H28N4O5. The van der Waals surface area contributed by atoms with Gasteiger partial charge in [0.25, 0.3) is 5.56 Å². The maximum Gasteiger partial charge on any atom is 0.342 e. The highest BCUT2D eigenvalue weighted by Crippen LogP contribution is 2.23. The molecule has 3 heterocycles. The number of anilines is 2. The minimum absolute atomic E-state index is 0.0167. The molecule has 9 nitrogen and oxygen atoms in total. The minimum atomic E-state index is -0.653. The third-order valence-electron chi connectivity index (χ3n) is 5.77. The molecule has 2 aromatic heterocycles. The van der Waals surface area contributed by atoms with E-state index >= 15 is 0 Å². The summed E-state index contributed by atoms with van der Waals surface area (Å²) in [5.74, 6) is -0.780. The molecule has 1 N–H and O–H groups in total. The second kappa shape index (κ2) is 9.89. The van der Waals surface area contributed by atoms with Crippen LogP contribution in [0, 0.1) is 6.92 Å². The summed E-state index contributed by atoms with van der Waals surface area (Å²) >= 11 is 0. The van der Waals surface area contributed by atoms with Crippen LogP contribution in [0.3, 0.4) is 0 Å². The molecular weight excluding hydrogens is 424 g/mol. The average Bonchev–Trinajstić information content (AvgIpc) is 2.95. The van der Waals surface area contributed by atoms with Gasteiger partial charge in [-0.1, -0.05) is 12.8 Å². The number of esters is 1. The first-order valence-corrected chi connectivity index (χ1v) is 11.3. The first kappa shape index (κ1) is 22.6. The van der Waals surface area contributed by atoms with Crippen LogP contribution < -0.4 is 15.8 Å². The summed E-state index contributed by atoms with van der Waals surface area (Å²) in [5, 5.41) is 2.83. The highest BCUT2D eigenvalue weighted by molar-refractivity contribution is 6.03. The van der Waals surface area contributed by atoms with E-state index in [-0.39, 0.29) is 41.5 Å². The largest absolute Gasteiger partial charge is 0.462 e. The van der Waals surface area contributed by atoms with Gasteiger partial charge in [-0.25, -0.2) is 9.78 Å². The Hall–Kier alpha value is -3.62. The van der Waals surface area contributed by atoms with Gasteiger partial charge in [-0.2, -0.15) is 0 Å². The molecule has 9 heteroatoms. The van der Waals surface area contributed by atoms with E-state index in [9.17, 15) is 14.4 Å². The van der Waals surface area contributed by atoms with Crippen molar-refractivity contribution < 1.29 is 18.7 Å². The fraction of sp³-hybridized carbons (Fsp3) is 0.417. The average molecular weight is 453 g/mol. The molecule has 0 atom stereocenters. The fourth-order valence-corrected chi connectivity index (χ4v) is 4.14. The van der Waals surface area contributed by atoms with Crippen molar-refractivity contribution in [2.24, 2.45) is 0 Å². The molecule has 3 aromatic rings. The lowest BCUT2D eigenvalue weighted by molar-refractivity contribution is -0.116. The molecule has 1 aromatic carbocycles. The molecule has 33 heavy (non-hydrogen) atoms. The monoisotopic (exact) mass is 452 g/mol. The number of rotatable bonds is 6. The SMILES string of the molecule is CCOC(=O)c1c(C)oc2ncn(CC(=O)Nc3ccc(N4CCCCCC4)cc3)c(=O)c12. The van der Waals surface area contributed by atoms with Crippen molar-refractivity contribution in [2.45, 2.75) is 46.1 Å². The van der Waals surface area contributed by atoms with Gasteiger partial charge in [0.1, 0.15) is 29.6 Å². The number of fused-ring (bicyclic) bond motifs is 1. The van der Waals surface area contributed by atoms with Gasteiger partial charge < -0.3 is 19.4 Å². The van der Waals surface area contributed by atoms with Crippen molar-refractivity contribution >= 4 is 34.4 Å². The van der Waals surface area contributed by atoms with Crippen molar-refractivity contribution in [1.29, 1.82) is 0 Å². The Balaban J connectivity index is 1.48.